The standard InChI is InChI=1S/C13H14N2O2/c14-12-7-11(15-17-12)9-3-1-2-4-10(9)13(8-16)5-6-13/h1-4,7,16H,5-6,8,14H2. The van der Waals surface area contributed by atoms with Crippen molar-refractivity contribution < 1.29 is 9.63 Å². The Labute approximate surface area is 99.0 Å². The number of benzene rings is 1. The first-order valence-electron chi connectivity index (χ1n) is 5.68. The second kappa shape index (κ2) is 3.60. The second-order valence-electron chi connectivity index (χ2n) is 4.60. The molecule has 4 nitrogen and oxygen atoms in total. The second-order valence-corrected chi connectivity index (χ2v) is 4.60. The van der Waals surface area contributed by atoms with Gasteiger partial charge in [0.1, 0.15) is 5.69 Å². The number of anilines is 1. The molecule has 0 unspecified atom stereocenters. The minimum absolute atomic E-state index is 0.0791. The maximum absolute atomic E-state index is 9.52. The van der Waals surface area contributed by atoms with Crippen LogP contribution in [0.3, 0.4) is 0 Å². The molecule has 17 heavy (non-hydrogen) atoms. The van der Waals surface area contributed by atoms with Crippen molar-refractivity contribution >= 4 is 5.88 Å². The Balaban J connectivity index is 2.11. The summed E-state index contributed by atoms with van der Waals surface area (Å²) in [6, 6.07) is 9.69. The Morgan fingerprint density at radius 1 is 1.35 bits per heavy atom. The molecule has 1 aliphatic carbocycles. The Morgan fingerprint density at radius 2 is 2.12 bits per heavy atom. The lowest BCUT2D eigenvalue weighted by Gasteiger charge is -2.15. The van der Waals surface area contributed by atoms with E-state index in [1.807, 2.05) is 24.3 Å². The van der Waals surface area contributed by atoms with Gasteiger partial charge >= 0.3 is 0 Å². The van der Waals surface area contributed by atoms with Crippen molar-refractivity contribution in [2.45, 2.75) is 18.3 Å². The molecule has 0 bridgehead atoms. The molecule has 88 valence electrons. The Kier molecular flexibility index (Phi) is 2.19. The number of hydrogen-bond acceptors (Lipinski definition) is 4. The minimum atomic E-state index is -0.0791. The molecule has 0 saturated heterocycles. The van der Waals surface area contributed by atoms with E-state index in [2.05, 4.69) is 5.16 Å². The highest BCUT2D eigenvalue weighted by molar-refractivity contribution is 5.67. The number of hydrogen-bond donors (Lipinski definition) is 2. The Morgan fingerprint density at radius 3 is 2.71 bits per heavy atom. The van der Waals surface area contributed by atoms with Gasteiger partial charge in [0, 0.05) is 17.0 Å². The van der Waals surface area contributed by atoms with Crippen LogP contribution >= 0.6 is 0 Å². The van der Waals surface area contributed by atoms with Crippen LogP contribution in [0.4, 0.5) is 5.88 Å². The van der Waals surface area contributed by atoms with Crippen molar-refractivity contribution in [1.82, 2.24) is 5.16 Å². The molecular formula is C13H14N2O2. The van der Waals surface area contributed by atoms with Gasteiger partial charge in [-0.25, -0.2) is 0 Å². The van der Waals surface area contributed by atoms with Gasteiger partial charge in [0.05, 0.1) is 6.61 Å². The first-order chi connectivity index (χ1) is 8.25. The van der Waals surface area contributed by atoms with E-state index in [0.717, 1.165) is 29.7 Å². The fourth-order valence-corrected chi connectivity index (χ4v) is 2.25. The number of nitrogen functional groups attached to an aromatic ring is 1. The van der Waals surface area contributed by atoms with Gasteiger partial charge in [0.15, 0.2) is 0 Å². The van der Waals surface area contributed by atoms with E-state index >= 15 is 0 Å². The summed E-state index contributed by atoms with van der Waals surface area (Å²) in [7, 11) is 0. The quantitative estimate of drug-likeness (QED) is 0.845. The van der Waals surface area contributed by atoms with Crippen LogP contribution in [0, 0.1) is 0 Å². The van der Waals surface area contributed by atoms with Crippen LogP contribution in [-0.4, -0.2) is 16.9 Å². The predicted molar refractivity (Wildman–Crippen MR) is 64.3 cm³/mol. The molecule has 3 N–H and O–H groups in total. The van der Waals surface area contributed by atoms with Crippen LogP contribution < -0.4 is 5.73 Å². The molecule has 0 aliphatic heterocycles. The number of aromatic nitrogens is 1. The van der Waals surface area contributed by atoms with Crippen molar-refractivity contribution in [3.05, 3.63) is 35.9 Å². The lowest BCUT2D eigenvalue weighted by atomic mass is 9.91. The van der Waals surface area contributed by atoms with Crippen LogP contribution in [0.15, 0.2) is 34.9 Å². The fraction of sp³-hybridized carbons (Fsp3) is 0.308. The average molecular weight is 230 g/mol. The summed E-state index contributed by atoms with van der Waals surface area (Å²) in [5.74, 6) is 0.309. The Bertz CT molecular complexity index is 544. The summed E-state index contributed by atoms with van der Waals surface area (Å²) in [6.45, 7) is 0.178. The van der Waals surface area contributed by atoms with Crippen molar-refractivity contribution in [2.24, 2.45) is 0 Å². The molecule has 1 aliphatic rings. The topological polar surface area (TPSA) is 72.3 Å². The maximum atomic E-state index is 9.52. The third-order valence-corrected chi connectivity index (χ3v) is 3.46. The van der Waals surface area contributed by atoms with Crippen molar-refractivity contribution in [3.63, 3.8) is 0 Å². The number of aliphatic hydroxyl groups is 1. The van der Waals surface area contributed by atoms with Gasteiger partial charge in [0.2, 0.25) is 5.88 Å². The maximum Gasteiger partial charge on any atom is 0.222 e. The molecule has 0 spiro atoms. The third-order valence-electron chi connectivity index (χ3n) is 3.46. The smallest absolute Gasteiger partial charge is 0.222 e. The number of nitrogens with zero attached hydrogens (tertiary/aromatic N) is 1. The molecule has 1 fully saturated rings. The summed E-state index contributed by atoms with van der Waals surface area (Å²) < 4.78 is 4.91. The van der Waals surface area contributed by atoms with Gasteiger partial charge in [-0.1, -0.05) is 29.4 Å². The highest BCUT2D eigenvalue weighted by Crippen LogP contribution is 2.50. The molecule has 1 aromatic carbocycles. The molecule has 0 amide bonds. The number of rotatable bonds is 3. The van der Waals surface area contributed by atoms with Crippen LogP contribution in [0.25, 0.3) is 11.3 Å². The summed E-state index contributed by atoms with van der Waals surface area (Å²) in [5, 5.41) is 13.5. The van der Waals surface area contributed by atoms with E-state index in [1.54, 1.807) is 6.07 Å². The van der Waals surface area contributed by atoms with E-state index in [-0.39, 0.29) is 12.0 Å². The van der Waals surface area contributed by atoms with E-state index < -0.39 is 0 Å². The molecular weight excluding hydrogens is 216 g/mol. The molecule has 0 atom stereocenters. The van der Waals surface area contributed by atoms with Crippen molar-refractivity contribution in [1.29, 1.82) is 0 Å². The van der Waals surface area contributed by atoms with Gasteiger partial charge in [-0.05, 0) is 18.4 Å². The molecule has 1 saturated carbocycles. The zero-order valence-corrected chi connectivity index (χ0v) is 9.39. The fourth-order valence-electron chi connectivity index (χ4n) is 2.25. The lowest BCUT2D eigenvalue weighted by molar-refractivity contribution is 0.255. The van der Waals surface area contributed by atoms with Crippen LogP contribution in [-0.2, 0) is 5.41 Å². The largest absolute Gasteiger partial charge is 0.395 e. The van der Waals surface area contributed by atoms with Gasteiger partial charge in [-0.2, -0.15) is 0 Å². The molecule has 4 heteroatoms. The SMILES string of the molecule is Nc1cc(-c2ccccc2C2(CO)CC2)no1. The van der Waals surface area contributed by atoms with Crippen LogP contribution in [0.2, 0.25) is 0 Å². The molecule has 3 rings (SSSR count). The first-order valence-corrected chi connectivity index (χ1v) is 5.68. The zero-order valence-electron chi connectivity index (χ0n) is 9.39. The zero-order chi connectivity index (χ0) is 11.9. The number of aliphatic hydroxyl groups excluding tert-OH is 1. The summed E-state index contributed by atoms with van der Waals surface area (Å²) in [4.78, 5) is 0. The van der Waals surface area contributed by atoms with Gasteiger partial charge in [-0.3, -0.25) is 0 Å². The van der Waals surface area contributed by atoms with E-state index in [0.29, 0.717) is 5.88 Å². The summed E-state index contributed by atoms with van der Waals surface area (Å²) >= 11 is 0. The highest BCUT2D eigenvalue weighted by atomic mass is 16.5. The predicted octanol–water partition coefficient (Wildman–Crippen LogP) is 1.95. The molecule has 1 heterocycles. The summed E-state index contributed by atoms with van der Waals surface area (Å²) in [6.07, 6.45) is 2.04. The minimum Gasteiger partial charge on any atom is -0.395 e. The lowest BCUT2D eigenvalue weighted by Crippen LogP contribution is -2.13. The molecule has 0 radical (unpaired) electrons. The third kappa shape index (κ3) is 1.61. The van der Waals surface area contributed by atoms with E-state index in [9.17, 15) is 5.11 Å². The van der Waals surface area contributed by atoms with Gasteiger partial charge in [-0.15, -0.1) is 0 Å². The van der Waals surface area contributed by atoms with Crippen LogP contribution in [0.1, 0.15) is 18.4 Å². The van der Waals surface area contributed by atoms with E-state index in [1.165, 1.54) is 0 Å². The van der Waals surface area contributed by atoms with Gasteiger partial charge < -0.3 is 15.4 Å². The number of nitrogens with two attached hydrogens (primary N) is 1. The monoisotopic (exact) mass is 230 g/mol. The summed E-state index contributed by atoms with van der Waals surface area (Å²) in [5.41, 5.74) is 8.33. The molecule has 2 aromatic rings. The van der Waals surface area contributed by atoms with Crippen LogP contribution in [0.5, 0.6) is 0 Å². The van der Waals surface area contributed by atoms with E-state index in [4.69, 9.17) is 10.3 Å². The molecule has 1 aromatic heterocycles. The normalized spacial score (nSPS) is 17.0. The first kappa shape index (κ1) is 10.4. The Hall–Kier alpha value is -1.81. The average Bonchev–Trinajstić information content (AvgIpc) is 3.05. The highest BCUT2D eigenvalue weighted by Gasteiger charge is 2.45. The van der Waals surface area contributed by atoms with Crippen molar-refractivity contribution in [3.8, 4) is 11.3 Å². The van der Waals surface area contributed by atoms with Crippen molar-refractivity contribution in [2.75, 3.05) is 12.3 Å². The van der Waals surface area contributed by atoms with Gasteiger partial charge in [0.25, 0.3) is 0 Å².